The molecule has 0 aliphatic heterocycles. The molecule has 0 aromatic carbocycles. The van der Waals surface area contributed by atoms with Crippen LogP contribution in [0.25, 0.3) is 0 Å². The maximum Gasteiger partial charge on any atom is 0.357 e. The minimum absolute atomic E-state index is 0.0983. The zero-order valence-electron chi connectivity index (χ0n) is 10.6. The highest BCUT2D eigenvalue weighted by atomic mass is 16.5. The van der Waals surface area contributed by atoms with Gasteiger partial charge in [-0.1, -0.05) is 0 Å². The number of carbonyl (C=O) groups is 3. The SMILES string of the molecule is CCOC(=O)c1c(C)n(C(C)=O)c(=O)n1C(C)=O. The van der Waals surface area contributed by atoms with Crippen LogP contribution in [0, 0.1) is 6.92 Å². The Labute approximate surface area is 103 Å². The predicted octanol–water partition coefficient (Wildman–Crippen LogP) is 0.455. The van der Waals surface area contributed by atoms with Crippen LogP contribution in [0.15, 0.2) is 4.79 Å². The lowest BCUT2D eigenvalue weighted by atomic mass is 10.3. The van der Waals surface area contributed by atoms with Gasteiger partial charge in [0.15, 0.2) is 5.69 Å². The molecule has 0 unspecified atom stereocenters. The van der Waals surface area contributed by atoms with E-state index in [2.05, 4.69) is 0 Å². The van der Waals surface area contributed by atoms with E-state index in [1.807, 2.05) is 0 Å². The monoisotopic (exact) mass is 254 g/mol. The highest BCUT2D eigenvalue weighted by molar-refractivity contribution is 5.95. The van der Waals surface area contributed by atoms with E-state index in [4.69, 9.17) is 4.74 Å². The largest absolute Gasteiger partial charge is 0.461 e. The number of carbonyl (C=O) groups excluding carboxylic acids is 3. The highest BCUT2D eigenvalue weighted by Crippen LogP contribution is 2.09. The third-order valence-corrected chi connectivity index (χ3v) is 2.38. The lowest BCUT2D eigenvalue weighted by Crippen LogP contribution is -2.31. The molecule has 0 N–H and O–H groups in total. The van der Waals surface area contributed by atoms with Crippen molar-refractivity contribution in [3.8, 4) is 0 Å². The number of nitrogens with zero attached hydrogens (tertiary/aromatic N) is 2. The Kier molecular flexibility index (Phi) is 3.85. The number of hydrogen-bond acceptors (Lipinski definition) is 5. The van der Waals surface area contributed by atoms with E-state index in [-0.39, 0.29) is 18.0 Å². The van der Waals surface area contributed by atoms with Crippen LogP contribution in [-0.4, -0.2) is 33.5 Å². The predicted molar refractivity (Wildman–Crippen MR) is 62.0 cm³/mol. The topological polar surface area (TPSA) is 87.4 Å². The van der Waals surface area contributed by atoms with Gasteiger partial charge in [0, 0.05) is 13.8 Å². The van der Waals surface area contributed by atoms with Crippen molar-refractivity contribution in [2.75, 3.05) is 6.61 Å². The molecule has 1 aromatic heterocycles. The van der Waals surface area contributed by atoms with Gasteiger partial charge < -0.3 is 4.74 Å². The van der Waals surface area contributed by atoms with Crippen molar-refractivity contribution in [2.45, 2.75) is 27.7 Å². The number of hydrogen-bond donors (Lipinski definition) is 0. The number of esters is 1. The van der Waals surface area contributed by atoms with Gasteiger partial charge >= 0.3 is 11.7 Å². The zero-order valence-corrected chi connectivity index (χ0v) is 10.6. The first-order valence-corrected chi connectivity index (χ1v) is 5.36. The molecule has 1 rings (SSSR count). The van der Waals surface area contributed by atoms with Crippen LogP contribution in [0.3, 0.4) is 0 Å². The van der Waals surface area contributed by atoms with Crippen LogP contribution in [0.2, 0.25) is 0 Å². The van der Waals surface area contributed by atoms with Gasteiger partial charge in [0.2, 0.25) is 11.8 Å². The van der Waals surface area contributed by atoms with Gasteiger partial charge in [-0.25, -0.2) is 18.7 Å². The van der Waals surface area contributed by atoms with Crippen molar-refractivity contribution in [2.24, 2.45) is 0 Å². The van der Waals surface area contributed by atoms with Gasteiger partial charge in [-0.15, -0.1) is 0 Å². The van der Waals surface area contributed by atoms with E-state index in [0.29, 0.717) is 4.57 Å². The summed E-state index contributed by atoms with van der Waals surface area (Å²) in [5.41, 5.74) is -0.957. The Bertz CT molecular complexity index is 579. The second-order valence-corrected chi connectivity index (χ2v) is 3.65. The van der Waals surface area contributed by atoms with Crippen LogP contribution in [0.5, 0.6) is 0 Å². The average Bonchev–Trinajstić information content (AvgIpc) is 2.50. The molecule has 0 bridgehead atoms. The molecule has 0 spiro atoms. The third-order valence-electron chi connectivity index (χ3n) is 2.38. The molecule has 18 heavy (non-hydrogen) atoms. The third kappa shape index (κ3) is 2.11. The molecule has 0 fully saturated rings. The van der Waals surface area contributed by atoms with Crippen LogP contribution >= 0.6 is 0 Å². The maximum atomic E-state index is 11.9. The van der Waals surface area contributed by atoms with Crippen LogP contribution in [-0.2, 0) is 4.74 Å². The summed E-state index contributed by atoms with van der Waals surface area (Å²) in [5.74, 6) is -2.02. The van der Waals surface area contributed by atoms with Crippen molar-refractivity contribution in [1.82, 2.24) is 9.13 Å². The van der Waals surface area contributed by atoms with Gasteiger partial charge in [-0.3, -0.25) is 9.59 Å². The van der Waals surface area contributed by atoms with E-state index in [1.165, 1.54) is 13.8 Å². The number of imidazole rings is 1. The highest BCUT2D eigenvalue weighted by Gasteiger charge is 2.27. The van der Waals surface area contributed by atoms with Gasteiger partial charge in [0.05, 0.1) is 12.3 Å². The number of rotatable bonds is 2. The molecule has 7 nitrogen and oxygen atoms in total. The summed E-state index contributed by atoms with van der Waals surface area (Å²) in [6, 6.07) is 0. The molecule has 0 atom stereocenters. The molecule has 0 saturated heterocycles. The van der Waals surface area contributed by atoms with Gasteiger partial charge in [0.25, 0.3) is 0 Å². The van der Waals surface area contributed by atoms with Crippen molar-refractivity contribution < 1.29 is 19.1 Å². The smallest absolute Gasteiger partial charge is 0.357 e. The molecule has 0 radical (unpaired) electrons. The van der Waals surface area contributed by atoms with E-state index in [1.54, 1.807) is 6.92 Å². The molecule has 0 aliphatic carbocycles. The first-order valence-electron chi connectivity index (χ1n) is 5.36. The Morgan fingerprint density at radius 1 is 1.11 bits per heavy atom. The molecule has 0 amide bonds. The molecular formula is C11H14N2O5. The van der Waals surface area contributed by atoms with E-state index >= 15 is 0 Å². The second kappa shape index (κ2) is 4.99. The lowest BCUT2D eigenvalue weighted by molar-refractivity contribution is 0.0507. The maximum absolute atomic E-state index is 11.9. The van der Waals surface area contributed by atoms with Gasteiger partial charge in [-0.2, -0.15) is 0 Å². The van der Waals surface area contributed by atoms with Gasteiger partial charge in [-0.05, 0) is 13.8 Å². The van der Waals surface area contributed by atoms with Crippen LogP contribution in [0.4, 0.5) is 0 Å². The van der Waals surface area contributed by atoms with Crippen molar-refractivity contribution in [3.05, 3.63) is 21.9 Å². The van der Waals surface area contributed by atoms with Crippen molar-refractivity contribution in [1.29, 1.82) is 0 Å². The molecular weight excluding hydrogens is 240 g/mol. The summed E-state index contributed by atoms with van der Waals surface area (Å²) >= 11 is 0. The Morgan fingerprint density at radius 2 is 1.61 bits per heavy atom. The fourth-order valence-electron chi connectivity index (χ4n) is 1.71. The summed E-state index contributed by atoms with van der Waals surface area (Å²) in [5, 5.41) is 0. The van der Waals surface area contributed by atoms with E-state index in [0.717, 1.165) is 11.5 Å². The van der Waals surface area contributed by atoms with Crippen molar-refractivity contribution in [3.63, 3.8) is 0 Å². The molecule has 7 heteroatoms. The lowest BCUT2D eigenvalue weighted by Gasteiger charge is -2.03. The van der Waals surface area contributed by atoms with E-state index < -0.39 is 23.5 Å². The Hall–Kier alpha value is -2.18. The first kappa shape index (κ1) is 13.9. The summed E-state index contributed by atoms with van der Waals surface area (Å²) in [4.78, 5) is 46.4. The summed E-state index contributed by atoms with van der Waals surface area (Å²) < 4.78 is 6.19. The Balaban J connectivity index is 3.64. The number of ether oxygens (including phenoxy) is 1. The molecule has 1 aromatic rings. The fourth-order valence-corrected chi connectivity index (χ4v) is 1.71. The van der Waals surface area contributed by atoms with Crippen LogP contribution in [0.1, 0.15) is 46.5 Å². The first-order chi connectivity index (χ1) is 8.32. The minimum atomic E-state index is -0.851. The fraction of sp³-hybridized carbons (Fsp3) is 0.455. The summed E-state index contributed by atoms with van der Waals surface area (Å²) in [7, 11) is 0. The standard InChI is InChI=1S/C11H14N2O5/c1-5-18-10(16)9-6(2)12(7(3)14)11(17)13(9)8(4)15/h5H2,1-4H3. The van der Waals surface area contributed by atoms with E-state index in [9.17, 15) is 19.2 Å². The summed E-state index contributed by atoms with van der Waals surface area (Å²) in [6.45, 7) is 5.43. The molecule has 0 saturated carbocycles. The van der Waals surface area contributed by atoms with Crippen LogP contribution < -0.4 is 5.69 Å². The van der Waals surface area contributed by atoms with Gasteiger partial charge in [0.1, 0.15) is 0 Å². The molecule has 98 valence electrons. The average molecular weight is 254 g/mol. The minimum Gasteiger partial charge on any atom is -0.461 e. The number of aromatic nitrogens is 2. The Morgan fingerprint density at radius 3 is 2.00 bits per heavy atom. The molecule has 0 aliphatic rings. The second-order valence-electron chi connectivity index (χ2n) is 3.65. The normalized spacial score (nSPS) is 10.2. The van der Waals surface area contributed by atoms with Crippen molar-refractivity contribution >= 4 is 17.8 Å². The molecule has 1 heterocycles. The summed E-state index contributed by atoms with van der Waals surface area (Å²) in [6.07, 6.45) is 0. The zero-order chi connectivity index (χ0) is 14.0. The quantitative estimate of drug-likeness (QED) is 0.715.